The molecule has 25 heavy (non-hydrogen) atoms. The smallest absolute Gasteiger partial charge is 0.339 e. The van der Waals surface area contributed by atoms with Crippen LogP contribution in [0.1, 0.15) is 45.4 Å². The Morgan fingerprint density at radius 3 is 2.20 bits per heavy atom. The summed E-state index contributed by atoms with van der Waals surface area (Å²) in [5.41, 5.74) is 6.21. The zero-order valence-corrected chi connectivity index (χ0v) is 15.8. The number of nitrogens with one attached hydrogen (secondary N) is 1. The minimum atomic E-state index is -0.354. The summed E-state index contributed by atoms with van der Waals surface area (Å²) in [4.78, 5) is 24.5. The molecule has 134 valence electrons. The predicted octanol–water partition coefficient (Wildman–Crippen LogP) is 3.85. The van der Waals surface area contributed by atoms with Crippen molar-refractivity contribution in [1.82, 2.24) is 4.57 Å². The van der Waals surface area contributed by atoms with Gasteiger partial charge in [0.2, 0.25) is 5.91 Å². The van der Waals surface area contributed by atoms with Gasteiger partial charge in [0.05, 0.1) is 12.2 Å². The monoisotopic (exact) mass is 342 g/mol. The van der Waals surface area contributed by atoms with Crippen molar-refractivity contribution >= 4 is 17.6 Å². The number of rotatable bonds is 5. The van der Waals surface area contributed by atoms with Gasteiger partial charge in [-0.25, -0.2) is 4.79 Å². The number of esters is 1. The van der Waals surface area contributed by atoms with Crippen LogP contribution in [-0.2, 0) is 16.1 Å². The molecular formula is C20H26N2O3. The summed E-state index contributed by atoms with van der Waals surface area (Å²) in [7, 11) is 0. The number of ether oxygens (including phenoxy) is 1. The molecule has 5 heteroatoms. The van der Waals surface area contributed by atoms with Crippen molar-refractivity contribution in [1.29, 1.82) is 0 Å². The van der Waals surface area contributed by atoms with Crippen molar-refractivity contribution in [2.45, 2.75) is 48.1 Å². The maximum Gasteiger partial charge on any atom is 0.339 e. The highest BCUT2D eigenvalue weighted by atomic mass is 16.5. The van der Waals surface area contributed by atoms with Crippen molar-refractivity contribution in [2.24, 2.45) is 0 Å². The zero-order valence-electron chi connectivity index (χ0n) is 15.8. The first-order valence-electron chi connectivity index (χ1n) is 8.46. The highest BCUT2D eigenvalue weighted by molar-refractivity contribution is 5.94. The van der Waals surface area contributed by atoms with E-state index >= 15 is 0 Å². The highest BCUT2D eigenvalue weighted by Gasteiger charge is 2.18. The maximum absolute atomic E-state index is 12.5. The lowest BCUT2D eigenvalue weighted by molar-refractivity contribution is -0.116. The molecule has 1 amide bonds. The van der Waals surface area contributed by atoms with Crippen molar-refractivity contribution in [2.75, 3.05) is 11.9 Å². The third-order valence-electron chi connectivity index (χ3n) is 4.31. The molecule has 0 atom stereocenters. The molecule has 5 nitrogen and oxygen atoms in total. The van der Waals surface area contributed by atoms with E-state index in [1.54, 1.807) is 13.0 Å². The number of aryl methyl sites for hydroxylation is 4. The van der Waals surface area contributed by atoms with Crippen LogP contribution in [0, 0.1) is 34.6 Å². The number of carbonyl (C=O) groups is 2. The number of benzene rings is 1. The van der Waals surface area contributed by atoms with E-state index in [1.165, 1.54) is 5.56 Å². The molecule has 2 aromatic rings. The quantitative estimate of drug-likeness (QED) is 0.840. The molecule has 0 bridgehead atoms. The van der Waals surface area contributed by atoms with Gasteiger partial charge in [-0.05, 0) is 58.7 Å². The van der Waals surface area contributed by atoms with Gasteiger partial charge in [0.1, 0.15) is 6.54 Å². The second-order valence-electron chi connectivity index (χ2n) is 6.41. The van der Waals surface area contributed by atoms with Gasteiger partial charge in [0.15, 0.2) is 0 Å². The molecule has 0 fully saturated rings. The highest BCUT2D eigenvalue weighted by Crippen LogP contribution is 2.22. The second-order valence-corrected chi connectivity index (χ2v) is 6.41. The second kappa shape index (κ2) is 7.55. The average molecular weight is 342 g/mol. The predicted molar refractivity (Wildman–Crippen MR) is 99.1 cm³/mol. The normalized spacial score (nSPS) is 10.6. The number of carbonyl (C=O) groups excluding carboxylic acids is 2. The van der Waals surface area contributed by atoms with E-state index in [4.69, 9.17) is 4.74 Å². The number of amides is 1. The van der Waals surface area contributed by atoms with Crippen molar-refractivity contribution < 1.29 is 14.3 Å². The Hall–Kier alpha value is -2.56. The Labute approximate surface area is 149 Å². The van der Waals surface area contributed by atoms with Gasteiger partial charge >= 0.3 is 5.97 Å². The molecule has 0 saturated heterocycles. The van der Waals surface area contributed by atoms with Gasteiger partial charge in [-0.3, -0.25) is 4.79 Å². The van der Waals surface area contributed by atoms with Gasteiger partial charge < -0.3 is 14.6 Å². The molecule has 0 radical (unpaired) electrons. The van der Waals surface area contributed by atoms with E-state index in [-0.39, 0.29) is 18.4 Å². The summed E-state index contributed by atoms with van der Waals surface area (Å²) in [6, 6.07) is 5.87. The first-order chi connectivity index (χ1) is 11.7. The Balaban J connectivity index is 2.20. The van der Waals surface area contributed by atoms with E-state index < -0.39 is 0 Å². The Morgan fingerprint density at radius 2 is 1.64 bits per heavy atom. The maximum atomic E-state index is 12.5. The molecule has 0 aliphatic rings. The lowest BCUT2D eigenvalue weighted by atomic mass is 10.1. The number of aromatic nitrogens is 1. The van der Waals surface area contributed by atoms with Crippen molar-refractivity contribution in [3.05, 3.63) is 51.8 Å². The fourth-order valence-electron chi connectivity index (χ4n) is 3.16. The van der Waals surface area contributed by atoms with Crippen LogP contribution >= 0.6 is 0 Å². The Bertz CT molecular complexity index is 796. The van der Waals surface area contributed by atoms with Crippen LogP contribution in [0.5, 0.6) is 0 Å². The van der Waals surface area contributed by atoms with Crippen LogP contribution in [0.15, 0.2) is 18.2 Å². The summed E-state index contributed by atoms with van der Waals surface area (Å²) in [6.07, 6.45) is 0. The molecule has 2 rings (SSSR count). The van der Waals surface area contributed by atoms with Gasteiger partial charge in [-0.15, -0.1) is 0 Å². The molecule has 0 aliphatic carbocycles. The van der Waals surface area contributed by atoms with E-state index in [0.29, 0.717) is 12.2 Å². The summed E-state index contributed by atoms with van der Waals surface area (Å²) in [5, 5.41) is 3.00. The molecular weight excluding hydrogens is 316 g/mol. The van der Waals surface area contributed by atoms with Gasteiger partial charge in [-0.2, -0.15) is 0 Å². The topological polar surface area (TPSA) is 60.3 Å². The third-order valence-corrected chi connectivity index (χ3v) is 4.31. The van der Waals surface area contributed by atoms with E-state index in [2.05, 4.69) is 5.32 Å². The summed E-state index contributed by atoms with van der Waals surface area (Å²) in [5.74, 6) is -0.472. The van der Waals surface area contributed by atoms with Crippen LogP contribution in [0.3, 0.4) is 0 Å². The molecule has 0 spiro atoms. The molecule has 0 unspecified atom stereocenters. The first-order valence-corrected chi connectivity index (χ1v) is 8.46. The lowest BCUT2D eigenvalue weighted by Gasteiger charge is -2.14. The molecule has 1 N–H and O–H groups in total. The third kappa shape index (κ3) is 4.10. The van der Waals surface area contributed by atoms with Crippen LogP contribution in [0.25, 0.3) is 0 Å². The lowest BCUT2D eigenvalue weighted by Crippen LogP contribution is -2.21. The van der Waals surface area contributed by atoms with Crippen LogP contribution in [0.4, 0.5) is 5.69 Å². The Kier molecular flexibility index (Phi) is 5.67. The van der Waals surface area contributed by atoms with Gasteiger partial charge in [-0.1, -0.05) is 17.7 Å². The number of hydrogen-bond acceptors (Lipinski definition) is 3. The zero-order chi connectivity index (χ0) is 18.7. The van der Waals surface area contributed by atoms with Crippen LogP contribution in [-0.4, -0.2) is 23.1 Å². The fourth-order valence-corrected chi connectivity index (χ4v) is 3.16. The minimum absolute atomic E-state index is 0.118. The fraction of sp³-hybridized carbons (Fsp3) is 0.400. The van der Waals surface area contributed by atoms with E-state index in [0.717, 1.165) is 28.2 Å². The molecule has 1 aromatic carbocycles. The molecule has 1 heterocycles. The number of anilines is 1. The summed E-state index contributed by atoms with van der Waals surface area (Å²) < 4.78 is 6.90. The van der Waals surface area contributed by atoms with Gasteiger partial charge in [0.25, 0.3) is 0 Å². The SMILES string of the molecule is CCOC(=O)c1cc(C)n(CC(=O)Nc2c(C)cc(C)cc2C)c1C. The standard InChI is InChI=1S/C20H26N2O3/c1-7-25-20(24)17-10-15(5)22(16(17)6)11-18(23)21-19-13(3)8-12(2)9-14(19)4/h8-10H,7,11H2,1-6H3,(H,21,23). The van der Waals surface area contributed by atoms with Gasteiger partial charge in [0, 0.05) is 17.1 Å². The summed E-state index contributed by atoms with van der Waals surface area (Å²) >= 11 is 0. The molecule has 0 aliphatic heterocycles. The van der Waals surface area contributed by atoms with Crippen LogP contribution < -0.4 is 5.32 Å². The molecule has 1 aromatic heterocycles. The summed E-state index contributed by atoms with van der Waals surface area (Å²) in [6.45, 7) is 12.0. The van der Waals surface area contributed by atoms with E-state index in [9.17, 15) is 9.59 Å². The number of hydrogen-bond donors (Lipinski definition) is 1. The largest absolute Gasteiger partial charge is 0.462 e. The van der Waals surface area contributed by atoms with Crippen molar-refractivity contribution in [3.63, 3.8) is 0 Å². The number of nitrogens with zero attached hydrogens (tertiary/aromatic N) is 1. The molecule has 0 saturated carbocycles. The van der Waals surface area contributed by atoms with E-state index in [1.807, 2.05) is 51.3 Å². The minimum Gasteiger partial charge on any atom is -0.462 e. The Morgan fingerprint density at radius 1 is 1.04 bits per heavy atom. The van der Waals surface area contributed by atoms with Crippen molar-refractivity contribution in [3.8, 4) is 0 Å². The first kappa shape index (κ1) is 18.8. The average Bonchev–Trinajstić information content (AvgIpc) is 2.79. The van der Waals surface area contributed by atoms with Crippen LogP contribution in [0.2, 0.25) is 0 Å².